The molecule has 2 N–H and O–H groups in total. The summed E-state index contributed by atoms with van der Waals surface area (Å²) < 4.78 is 17.8. The first-order valence-electron chi connectivity index (χ1n) is 8.88. The summed E-state index contributed by atoms with van der Waals surface area (Å²) in [4.78, 5) is 4.19. The van der Waals surface area contributed by atoms with E-state index in [1.807, 2.05) is 20.8 Å². The molecule has 0 amide bonds. The second kappa shape index (κ2) is 11.0. The topological polar surface area (TPSA) is 62.7 Å². The van der Waals surface area contributed by atoms with Gasteiger partial charge in [0, 0.05) is 41.4 Å². The van der Waals surface area contributed by atoms with Crippen LogP contribution in [0.25, 0.3) is 0 Å². The standard InChI is InChI=1S/C17H35N3O2S/c1-17(2,3)23(21)14-12-20-16(18-4)19-11-13-22-15-9-7-5-6-8-10-15/h15H,5-14H2,1-4H3,(H2,18,19,20). The molecule has 5 nitrogen and oxygen atoms in total. The second-order valence-corrected chi connectivity index (χ2v) is 9.40. The highest BCUT2D eigenvalue weighted by Gasteiger charge is 2.18. The van der Waals surface area contributed by atoms with Crippen molar-refractivity contribution < 1.29 is 8.95 Å². The Morgan fingerprint density at radius 1 is 1.13 bits per heavy atom. The van der Waals surface area contributed by atoms with E-state index in [1.54, 1.807) is 7.05 Å². The van der Waals surface area contributed by atoms with Crippen molar-refractivity contribution in [1.29, 1.82) is 0 Å². The number of nitrogens with one attached hydrogen (secondary N) is 2. The zero-order valence-corrected chi connectivity index (χ0v) is 16.1. The van der Waals surface area contributed by atoms with Crippen molar-refractivity contribution in [3.8, 4) is 0 Å². The van der Waals surface area contributed by atoms with Crippen LogP contribution in [0, 0.1) is 0 Å². The van der Waals surface area contributed by atoms with Crippen molar-refractivity contribution in [2.24, 2.45) is 4.99 Å². The van der Waals surface area contributed by atoms with Gasteiger partial charge in [0.25, 0.3) is 0 Å². The molecule has 1 unspecified atom stereocenters. The summed E-state index contributed by atoms with van der Waals surface area (Å²) >= 11 is 0. The molecule has 1 aliphatic carbocycles. The number of aliphatic imine (C=N–C) groups is 1. The summed E-state index contributed by atoms with van der Waals surface area (Å²) in [6.45, 7) is 8.12. The maximum absolute atomic E-state index is 12.0. The minimum atomic E-state index is -0.838. The molecular weight excluding hydrogens is 310 g/mol. The van der Waals surface area contributed by atoms with Crippen molar-refractivity contribution in [2.45, 2.75) is 70.1 Å². The molecule has 0 aliphatic heterocycles. The van der Waals surface area contributed by atoms with Gasteiger partial charge in [0.05, 0.1) is 12.7 Å². The first kappa shape index (κ1) is 20.4. The fraction of sp³-hybridized carbons (Fsp3) is 0.941. The molecule has 1 rings (SSSR count). The third-order valence-electron chi connectivity index (χ3n) is 4.04. The van der Waals surface area contributed by atoms with E-state index in [1.165, 1.54) is 38.5 Å². The molecule has 0 heterocycles. The molecule has 0 aromatic carbocycles. The Balaban J connectivity index is 2.13. The van der Waals surface area contributed by atoms with Gasteiger partial charge < -0.3 is 15.4 Å². The number of rotatable bonds is 7. The van der Waals surface area contributed by atoms with Crippen LogP contribution in [0.4, 0.5) is 0 Å². The van der Waals surface area contributed by atoms with Crippen molar-refractivity contribution in [1.82, 2.24) is 10.6 Å². The molecule has 1 saturated carbocycles. The summed E-state index contributed by atoms with van der Waals surface area (Å²) in [5, 5.41) is 6.46. The minimum absolute atomic E-state index is 0.162. The molecule has 0 bridgehead atoms. The summed E-state index contributed by atoms with van der Waals surface area (Å²) in [5.74, 6) is 1.38. The lowest BCUT2D eigenvalue weighted by Gasteiger charge is -2.19. The van der Waals surface area contributed by atoms with E-state index in [0.717, 1.165) is 12.5 Å². The van der Waals surface area contributed by atoms with E-state index in [9.17, 15) is 4.21 Å². The third kappa shape index (κ3) is 9.30. The molecule has 0 aromatic heterocycles. The average Bonchev–Trinajstić information content (AvgIpc) is 2.77. The van der Waals surface area contributed by atoms with Gasteiger partial charge in [-0.2, -0.15) is 0 Å². The van der Waals surface area contributed by atoms with Gasteiger partial charge in [-0.25, -0.2) is 0 Å². The Morgan fingerprint density at radius 3 is 2.30 bits per heavy atom. The Labute approximate surface area is 144 Å². The summed E-state index contributed by atoms with van der Waals surface area (Å²) in [6, 6.07) is 0. The number of guanidine groups is 1. The first-order chi connectivity index (χ1) is 10.9. The molecule has 1 aliphatic rings. The highest BCUT2D eigenvalue weighted by molar-refractivity contribution is 7.86. The molecule has 1 atom stereocenters. The van der Waals surface area contributed by atoms with Crippen molar-refractivity contribution in [3.05, 3.63) is 0 Å². The minimum Gasteiger partial charge on any atom is -0.376 e. The lowest BCUT2D eigenvalue weighted by Crippen LogP contribution is -2.41. The van der Waals surface area contributed by atoms with Crippen LogP contribution >= 0.6 is 0 Å². The smallest absolute Gasteiger partial charge is 0.191 e. The molecule has 0 saturated heterocycles. The third-order valence-corrected chi connectivity index (χ3v) is 5.98. The normalized spacial score (nSPS) is 19.2. The van der Waals surface area contributed by atoms with Gasteiger partial charge in [0.15, 0.2) is 5.96 Å². The van der Waals surface area contributed by atoms with E-state index in [-0.39, 0.29) is 4.75 Å². The van der Waals surface area contributed by atoms with Crippen LogP contribution in [0.2, 0.25) is 0 Å². The largest absolute Gasteiger partial charge is 0.376 e. The van der Waals surface area contributed by atoms with Crippen LogP contribution < -0.4 is 10.6 Å². The van der Waals surface area contributed by atoms with Gasteiger partial charge in [-0.05, 0) is 33.6 Å². The summed E-state index contributed by atoms with van der Waals surface area (Å²) in [5.41, 5.74) is 0. The Hall–Kier alpha value is -0.620. The van der Waals surface area contributed by atoms with Crippen LogP contribution in [0.15, 0.2) is 4.99 Å². The van der Waals surface area contributed by atoms with Gasteiger partial charge >= 0.3 is 0 Å². The van der Waals surface area contributed by atoms with E-state index >= 15 is 0 Å². The van der Waals surface area contributed by atoms with Crippen LogP contribution in [-0.4, -0.2) is 53.5 Å². The highest BCUT2D eigenvalue weighted by atomic mass is 32.2. The van der Waals surface area contributed by atoms with Gasteiger partial charge in [0.1, 0.15) is 0 Å². The van der Waals surface area contributed by atoms with Crippen molar-refractivity contribution >= 4 is 16.8 Å². The lowest BCUT2D eigenvalue weighted by molar-refractivity contribution is 0.0468. The molecule has 6 heteroatoms. The Kier molecular flexibility index (Phi) is 9.79. The zero-order chi connectivity index (χ0) is 17.1. The predicted octanol–water partition coefficient (Wildman–Crippen LogP) is 2.44. The number of nitrogens with zero attached hydrogens (tertiary/aromatic N) is 1. The van der Waals surface area contributed by atoms with Gasteiger partial charge in [-0.1, -0.05) is 25.7 Å². The van der Waals surface area contributed by atoms with Crippen molar-refractivity contribution in [3.63, 3.8) is 0 Å². The van der Waals surface area contributed by atoms with Crippen LogP contribution in [-0.2, 0) is 15.5 Å². The molecule has 0 aromatic rings. The summed E-state index contributed by atoms with van der Waals surface area (Å²) in [7, 11) is 0.914. The Morgan fingerprint density at radius 2 is 1.74 bits per heavy atom. The lowest BCUT2D eigenvalue weighted by atomic mass is 10.1. The highest BCUT2D eigenvalue weighted by Crippen LogP contribution is 2.19. The predicted molar refractivity (Wildman–Crippen MR) is 99.6 cm³/mol. The molecule has 0 radical (unpaired) electrons. The van der Waals surface area contributed by atoms with E-state index in [2.05, 4.69) is 15.6 Å². The van der Waals surface area contributed by atoms with Crippen molar-refractivity contribution in [2.75, 3.05) is 32.5 Å². The molecular formula is C17H35N3O2S. The quantitative estimate of drug-likeness (QED) is 0.322. The van der Waals surface area contributed by atoms with Crippen LogP contribution in [0.5, 0.6) is 0 Å². The van der Waals surface area contributed by atoms with Gasteiger partial charge in [-0.3, -0.25) is 9.20 Å². The fourth-order valence-electron chi connectivity index (χ4n) is 2.59. The zero-order valence-electron chi connectivity index (χ0n) is 15.3. The van der Waals surface area contributed by atoms with Gasteiger partial charge in [0.2, 0.25) is 0 Å². The average molecular weight is 346 g/mol. The summed E-state index contributed by atoms with van der Waals surface area (Å²) in [6.07, 6.45) is 8.13. The molecule has 136 valence electrons. The Bertz CT molecular complexity index is 373. The van der Waals surface area contributed by atoms with E-state index in [4.69, 9.17) is 4.74 Å². The van der Waals surface area contributed by atoms with Gasteiger partial charge in [-0.15, -0.1) is 0 Å². The monoisotopic (exact) mass is 345 g/mol. The number of hydrogen-bond donors (Lipinski definition) is 2. The van der Waals surface area contributed by atoms with Crippen LogP contribution in [0.1, 0.15) is 59.3 Å². The maximum Gasteiger partial charge on any atom is 0.191 e. The number of hydrogen-bond acceptors (Lipinski definition) is 3. The first-order valence-corrected chi connectivity index (χ1v) is 10.2. The SMILES string of the molecule is CN=C(NCCOC1CCCCCC1)NCCS(=O)C(C)(C)C. The molecule has 1 fully saturated rings. The maximum atomic E-state index is 12.0. The number of ether oxygens (including phenoxy) is 1. The van der Waals surface area contributed by atoms with E-state index < -0.39 is 10.8 Å². The second-order valence-electron chi connectivity index (χ2n) is 7.07. The molecule has 23 heavy (non-hydrogen) atoms. The fourth-order valence-corrected chi connectivity index (χ4v) is 3.49. The molecule has 0 spiro atoms. The van der Waals surface area contributed by atoms with Crippen LogP contribution in [0.3, 0.4) is 0 Å². The van der Waals surface area contributed by atoms with E-state index in [0.29, 0.717) is 25.0 Å².